The van der Waals surface area contributed by atoms with Crippen LogP contribution in [0.4, 0.5) is 11.4 Å². The molecule has 9 nitrogen and oxygen atoms in total. The lowest BCUT2D eigenvalue weighted by Crippen LogP contribution is -2.33. The third-order valence-electron chi connectivity index (χ3n) is 3.70. The molecule has 1 unspecified atom stereocenters. The van der Waals surface area contributed by atoms with Gasteiger partial charge in [-0.2, -0.15) is 5.10 Å². The second kappa shape index (κ2) is 7.01. The van der Waals surface area contributed by atoms with Crippen LogP contribution in [0, 0.1) is 10.1 Å². The minimum atomic E-state index is -0.989. The van der Waals surface area contributed by atoms with Crippen LogP contribution in [0.2, 0.25) is 0 Å². The molecule has 0 aliphatic rings. The molecule has 2 aromatic heterocycles. The molecule has 0 saturated heterocycles. The van der Waals surface area contributed by atoms with Gasteiger partial charge in [0.2, 0.25) is 5.91 Å². The Balaban J connectivity index is 1.89. The van der Waals surface area contributed by atoms with E-state index in [2.05, 4.69) is 10.4 Å². The first-order chi connectivity index (χ1) is 12.5. The van der Waals surface area contributed by atoms with Crippen LogP contribution in [-0.4, -0.2) is 20.6 Å². The number of furan rings is 1. The average molecular weight is 354 g/mol. The molecule has 1 N–H and O–H groups in total. The van der Waals surface area contributed by atoms with E-state index < -0.39 is 22.4 Å². The minimum absolute atomic E-state index is 0.0459. The first-order valence-electron chi connectivity index (χ1n) is 7.65. The fraction of sp³-hybridized carbons (Fsp3) is 0.118. The lowest BCUT2D eigenvalue weighted by Gasteiger charge is -2.14. The summed E-state index contributed by atoms with van der Waals surface area (Å²) < 4.78 is 6.24. The molecule has 1 amide bonds. The van der Waals surface area contributed by atoms with Crippen LogP contribution < -0.4 is 10.9 Å². The standard InChI is InChI=1S/C17H14N4O5/c1-11(17(23)18-12-5-2-3-6-14(12)21(24)25)20-16(22)9-8-13(19-20)15-7-4-10-26-15/h2-11H,1H3,(H,18,23). The highest BCUT2D eigenvalue weighted by Crippen LogP contribution is 2.24. The second-order valence-electron chi connectivity index (χ2n) is 5.42. The minimum Gasteiger partial charge on any atom is -0.463 e. The van der Waals surface area contributed by atoms with E-state index in [0.29, 0.717) is 11.5 Å². The number of carbonyl (C=O) groups is 1. The fourth-order valence-corrected chi connectivity index (χ4v) is 2.35. The van der Waals surface area contributed by atoms with Gasteiger partial charge in [0.1, 0.15) is 17.4 Å². The number of amides is 1. The van der Waals surface area contributed by atoms with Gasteiger partial charge in [-0.3, -0.25) is 19.7 Å². The number of nitro groups is 1. The number of anilines is 1. The van der Waals surface area contributed by atoms with Crippen LogP contribution in [0.3, 0.4) is 0 Å². The van der Waals surface area contributed by atoms with Gasteiger partial charge in [0.15, 0.2) is 5.76 Å². The van der Waals surface area contributed by atoms with Crippen LogP contribution >= 0.6 is 0 Å². The predicted octanol–water partition coefficient (Wildman–Crippen LogP) is 2.61. The number of nitrogens with one attached hydrogen (secondary N) is 1. The van der Waals surface area contributed by atoms with Gasteiger partial charge in [-0.15, -0.1) is 0 Å². The normalized spacial score (nSPS) is 11.7. The Bertz CT molecular complexity index is 1010. The summed E-state index contributed by atoms with van der Waals surface area (Å²) in [6.07, 6.45) is 1.47. The summed E-state index contributed by atoms with van der Waals surface area (Å²) in [4.78, 5) is 35.0. The molecule has 0 spiro atoms. The highest BCUT2D eigenvalue weighted by molar-refractivity contribution is 5.95. The Hall–Kier alpha value is -3.75. The van der Waals surface area contributed by atoms with Crippen LogP contribution in [0.25, 0.3) is 11.5 Å². The SMILES string of the molecule is CC(C(=O)Nc1ccccc1[N+](=O)[O-])n1nc(-c2ccco2)ccc1=O. The topological polar surface area (TPSA) is 120 Å². The first kappa shape index (κ1) is 17.1. The zero-order chi connectivity index (χ0) is 18.7. The molecule has 1 aromatic carbocycles. The number of nitro benzene ring substituents is 1. The summed E-state index contributed by atoms with van der Waals surface area (Å²) in [5, 5.41) is 17.7. The van der Waals surface area contributed by atoms with E-state index in [0.717, 1.165) is 4.68 Å². The van der Waals surface area contributed by atoms with Crippen molar-refractivity contribution >= 4 is 17.3 Å². The van der Waals surface area contributed by atoms with Crippen molar-refractivity contribution in [2.24, 2.45) is 0 Å². The molecule has 0 aliphatic carbocycles. The van der Waals surface area contributed by atoms with Gasteiger partial charge in [0, 0.05) is 12.1 Å². The first-order valence-corrected chi connectivity index (χ1v) is 7.65. The molecule has 0 fully saturated rings. The number of carbonyl (C=O) groups excluding carboxylic acids is 1. The van der Waals surface area contributed by atoms with Crippen molar-refractivity contribution in [1.82, 2.24) is 9.78 Å². The number of benzene rings is 1. The van der Waals surface area contributed by atoms with Crippen LogP contribution in [0.1, 0.15) is 13.0 Å². The lowest BCUT2D eigenvalue weighted by molar-refractivity contribution is -0.383. The van der Waals surface area contributed by atoms with Crippen LogP contribution in [0.5, 0.6) is 0 Å². The molecular weight excluding hydrogens is 340 g/mol. The van der Waals surface area contributed by atoms with E-state index in [1.807, 2.05) is 0 Å². The van der Waals surface area contributed by atoms with Crippen molar-refractivity contribution in [2.45, 2.75) is 13.0 Å². The van der Waals surface area contributed by atoms with E-state index >= 15 is 0 Å². The number of hydrogen-bond donors (Lipinski definition) is 1. The number of hydrogen-bond acceptors (Lipinski definition) is 6. The molecule has 0 radical (unpaired) electrons. The number of para-hydroxylation sites is 2. The number of nitrogens with zero attached hydrogens (tertiary/aromatic N) is 3. The third kappa shape index (κ3) is 3.36. The number of aromatic nitrogens is 2. The molecule has 1 atom stereocenters. The van der Waals surface area contributed by atoms with E-state index in [9.17, 15) is 19.7 Å². The monoisotopic (exact) mass is 354 g/mol. The average Bonchev–Trinajstić information content (AvgIpc) is 3.16. The highest BCUT2D eigenvalue weighted by atomic mass is 16.6. The van der Waals surface area contributed by atoms with Crippen molar-refractivity contribution in [1.29, 1.82) is 0 Å². The maximum Gasteiger partial charge on any atom is 0.292 e. The van der Waals surface area contributed by atoms with Crippen molar-refractivity contribution in [3.8, 4) is 11.5 Å². The molecule has 3 aromatic rings. The summed E-state index contributed by atoms with van der Waals surface area (Å²) in [7, 11) is 0. The molecular formula is C17H14N4O5. The summed E-state index contributed by atoms with van der Waals surface area (Å²) in [6.45, 7) is 1.48. The summed E-state index contributed by atoms with van der Waals surface area (Å²) in [5.41, 5.74) is -0.285. The number of rotatable bonds is 5. The smallest absolute Gasteiger partial charge is 0.292 e. The summed E-state index contributed by atoms with van der Waals surface area (Å²) in [5.74, 6) is -0.157. The third-order valence-corrected chi connectivity index (χ3v) is 3.70. The van der Waals surface area contributed by atoms with Crippen molar-refractivity contribution < 1.29 is 14.1 Å². The van der Waals surface area contributed by atoms with Crippen LogP contribution in [0.15, 0.2) is 64.0 Å². The Morgan fingerprint density at radius 2 is 2.00 bits per heavy atom. The van der Waals surface area contributed by atoms with E-state index in [4.69, 9.17) is 4.42 Å². The largest absolute Gasteiger partial charge is 0.463 e. The molecule has 0 aliphatic heterocycles. The Kier molecular flexibility index (Phi) is 4.61. The van der Waals surface area contributed by atoms with E-state index in [1.54, 1.807) is 18.2 Å². The van der Waals surface area contributed by atoms with Gasteiger partial charge in [-0.25, -0.2) is 4.68 Å². The Labute approximate surface area is 147 Å². The highest BCUT2D eigenvalue weighted by Gasteiger charge is 2.22. The van der Waals surface area contributed by atoms with Crippen LogP contribution in [-0.2, 0) is 4.79 Å². The Morgan fingerprint density at radius 3 is 2.69 bits per heavy atom. The molecule has 0 bridgehead atoms. The van der Waals surface area contributed by atoms with Gasteiger partial charge >= 0.3 is 0 Å². The molecule has 2 heterocycles. The lowest BCUT2D eigenvalue weighted by atomic mass is 10.2. The van der Waals surface area contributed by atoms with E-state index in [1.165, 1.54) is 43.5 Å². The van der Waals surface area contributed by atoms with Gasteiger partial charge in [0.25, 0.3) is 11.2 Å². The van der Waals surface area contributed by atoms with Crippen molar-refractivity contribution in [2.75, 3.05) is 5.32 Å². The quantitative estimate of drug-likeness (QED) is 0.555. The Morgan fingerprint density at radius 1 is 1.23 bits per heavy atom. The maximum absolute atomic E-state index is 12.5. The second-order valence-corrected chi connectivity index (χ2v) is 5.42. The van der Waals surface area contributed by atoms with E-state index in [-0.39, 0.29) is 11.4 Å². The van der Waals surface area contributed by atoms with Crippen molar-refractivity contribution in [3.05, 3.63) is 75.3 Å². The van der Waals surface area contributed by atoms with Gasteiger partial charge in [0.05, 0.1) is 11.2 Å². The fourth-order valence-electron chi connectivity index (χ4n) is 2.35. The van der Waals surface area contributed by atoms with Gasteiger partial charge in [-0.05, 0) is 31.2 Å². The molecule has 3 rings (SSSR count). The molecule has 26 heavy (non-hydrogen) atoms. The summed E-state index contributed by atoms with van der Waals surface area (Å²) >= 11 is 0. The maximum atomic E-state index is 12.5. The van der Waals surface area contributed by atoms with Crippen molar-refractivity contribution in [3.63, 3.8) is 0 Å². The van der Waals surface area contributed by atoms with Gasteiger partial charge in [-0.1, -0.05) is 12.1 Å². The predicted molar refractivity (Wildman–Crippen MR) is 92.6 cm³/mol. The zero-order valence-electron chi connectivity index (χ0n) is 13.7. The zero-order valence-corrected chi connectivity index (χ0v) is 13.7. The molecule has 0 saturated carbocycles. The molecule has 9 heteroatoms. The summed E-state index contributed by atoms with van der Waals surface area (Å²) in [6, 6.07) is 10.9. The molecule has 132 valence electrons. The van der Waals surface area contributed by atoms with Gasteiger partial charge < -0.3 is 9.73 Å².